The third-order valence-electron chi connectivity index (χ3n) is 22.3. The predicted octanol–water partition coefficient (Wildman–Crippen LogP) is 13.2. The van der Waals surface area contributed by atoms with Crippen LogP contribution in [-0.2, 0) is 88.0 Å². The van der Waals surface area contributed by atoms with Crippen LogP contribution >= 0.6 is 85.2 Å². The maximum absolute atomic E-state index is 13.4. The molecule has 0 bridgehead atoms. The number of fused-ring (bicyclic) bond motifs is 4. The summed E-state index contributed by atoms with van der Waals surface area (Å²) in [5.74, 6) is 2.45. The molecular formula is C95H116Cl4F2I3N14O16V-. The number of aryl methyl sites for hydroxylation is 3. The molecule has 10 N–H and O–H groups in total. The number of nitrogen functional groups attached to an aromatic ring is 1. The Morgan fingerprint density at radius 1 is 0.652 bits per heavy atom. The molecule has 40 heteroatoms. The molecule has 6 aliphatic heterocycles. The molecule has 0 aliphatic carbocycles. The number of benzene rings is 4. The fourth-order valence-electron chi connectivity index (χ4n) is 15.3. The first-order valence-electron chi connectivity index (χ1n) is 42.8. The van der Waals surface area contributed by atoms with E-state index in [2.05, 4.69) is 87.6 Å². The van der Waals surface area contributed by atoms with Gasteiger partial charge in [-0.15, -0.1) is 48.0 Å². The zero-order valence-corrected chi connectivity index (χ0v) is 85.9. The summed E-state index contributed by atoms with van der Waals surface area (Å²) in [7, 11) is 1.00. The molecule has 3 atom stereocenters. The average Bonchev–Trinajstić information content (AvgIpc) is 1.65. The van der Waals surface area contributed by atoms with E-state index in [0.29, 0.717) is 195 Å². The number of nitrogens with two attached hydrogens (primary N) is 1. The van der Waals surface area contributed by atoms with Crippen molar-refractivity contribution in [2.45, 2.75) is 170 Å². The van der Waals surface area contributed by atoms with E-state index in [4.69, 9.17) is 58.2 Å². The van der Waals surface area contributed by atoms with E-state index >= 15 is 0 Å². The van der Waals surface area contributed by atoms with E-state index in [-0.39, 0.29) is 114 Å². The Morgan fingerprint density at radius 3 is 1.71 bits per heavy atom. The number of hydrogen-bond donors (Lipinski definition) is 9. The van der Waals surface area contributed by atoms with E-state index in [1.807, 2.05) is 92.7 Å². The zero-order valence-electron chi connectivity index (χ0n) is 74.9. The molecule has 4 saturated heterocycles. The monoisotopic (exact) mass is 2320 g/mol. The van der Waals surface area contributed by atoms with Crippen LogP contribution in [0.2, 0.25) is 0 Å². The number of ketones is 1. The number of phenols is 1. The summed E-state index contributed by atoms with van der Waals surface area (Å²) in [4.78, 5) is 93.6. The van der Waals surface area contributed by atoms with Crippen LogP contribution in [0.4, 0.5) is 20.4 Å². The number of Topliss-reactive ketones (excluding diaryl/α,β-unsaturated/α-hetero) is 1. The van der Waals surface area contributed by atoms with E-state index in [1.165, 1.54) is 41.7 Å². The van der Waals surface area contributed by atoms with Crippen molar-refractivity contribution in [1.82, 2.24) is 53.8 Å². The molecule has 0 amide bonds. The summed E-state index contributed by atoms with van der Waals surface area (Å²) in [6.45, 7) is 16.2. The van der Waals surface area contributed by atoms with Crippen LogP contribution in [0.25, 0.3) is 16.6 Å². The Labute approximate surface area is 847 Å². The minimum atomic E-state index is -0.641. The number of aliphatic hydroxyl groups excluding tert-OH is 3. The van der Waals surface area contributed by atoms with Gasteiger partial charge in [0, 0.05) is 169 Å². The number of carbonyl (C=O) groups is 3. The molecule has 0 saturated carbocycles. The summed E-state index contributed by atoms with van der Waals surface area (Å²) in [5.41, 5.74) is 15.7. The number of carbonyl (C=O) groups excluding carboxylic acids is 3. The predicted molar refractivity (Wildman–Crippen MR) is 532 cm³/mol. The Hall–Kier alpha value is -8.82. The Morgan fingerprint density at radius 2 is 1.19 bits per heavy atom. The molecule has 11 aromatic rings. The molecule has 4 aromatic carbocycles. The van der Waals surface area contributed by atoms with Gasteiger partial charge in [-0.25, -0.2) is 38.5 Å². The van der Waals surface area contributed by atoms with Gasteiger partial charge in [0.05, 0.1) is 24.5 Å². The van der Waals surface area contributed by atoms with Gasteiger partial charge in [-0.1, -0.05) is 73.2 Å². The van der Waals surface area contributed by atoms with Crippen molar-refractivity contribution in [2.24, 2.45) is 11.8 Å². The van der Waals surface area contributed by atoms with Gasteiger partial charge in [0.15, 0.2) is 40.1 Å². The van der Waals surface area contributed by atoms with E-state index in [1.54, 1.807) is 59.8 Å². The molecule has 731 valence electrons. The molecule has 0 spiro atoms. The van der Waals surface area contributed by atoms with Gasteiger partial charge in [0.2, 0.25) is 0 Å². The molecule has 6 aliphatic rings. The molecule has 1 radical (unpaired) electrons. The molecule has 7 aromatic heterocycles. The maximum Gasteiger partial charge on any atom is 0.166 e. The Balaban J connectivity index is 0.000000282. The van der Waals surface area contributed by atoms with Crippen LogP contribution in [0.1, 0.15) is 171 Å². The number of aromatic hydroxyl groups is 2. The number of cyclic esters (lactones) is 2. The Kier molecular flexibility index (Phi) is 52.0. The quantitative estimate of drug-likeness (QED) is 0.00906. The Bertz CT molecular complexity index is 5870. The first kappa shape index (κ1) is 117. The number of aromatic nitrogens is 9. The molecule has 4 fully saturated rings. The number of ether oxygens (including phenoxy) is 4. The van der Waals surface area contributed by atoms with Gasteiger partial charge in [-0.05, 0) is 203 Å². The molecule has 13 heterocycles. The number of phenolic OH excluding ortho intramolecular Hbond substituents is 1. The van der Waals surface area contributed by atoms with Gasteiger partial charge in [0.25, 0.3) is 16.7 Å². The minimum Gasteiger partial charge on any atom is -0.507 e. The molecular weight excluding hydrogens is 2200 g/mol. The van der Waals surface area contributed by atoms with Crippen molar-refractivity contribution in [3.63, 3.8) is 0 Å². The number of likely N-dealkylation sites (tertiary alicyclic amines) is 1. The summed E-state index contributed by atoms with van der Waals surface area (Å²) < 4.78 is 57.0. The van der Waals surface area contributed by atoms with Gasteiger partial charge >= 0.3 is 62.4 Å². The summed E-state index contributed by atoms with van der Waals surface area (Å²) in [6, 6.07) is 38.7. The number of allylic oxidation sites excluding steroid dienone is 1. The number of aliphatic hydroxyl groups is 3. The molecule has 3 unspecified atom stereocenters. The summed E-state index contributed by atoms with van der Waals surface area (Å²) in [5, 5.41) is 65.7. The largest absolute Gasteiger partial charge is 0.507 e. The van der Waals surface area contributed by atoms with Crippen molar-refractivity contribution in [3.05, 3.63) is 274 Å². The average molecular weight is 2320 g/mol. The third kappa shape index (κ3) is 33.8. The number of pyridine rings is 3. The molecule has 135 heavy (non-hydrogen) atoms. The van der Waals surface area contributed by atoms with Crippen LogP contribution in [0, 0.1) is 49.7 Å². The number of nitrogens with zero attached hydrogens (tertiary/aromatic N) is 10. The molecule has 17 rings (SSSR count). The second-order valence-electron chi connectivity index (χ2n) is 31.0. The van der Waals surface area contributed by atoms with Crippen LogP contribution < -0.4 is 55.8 Å². The first-order chi connectivity index (χ1) is 63.2. The van der Waals surface area contributed by atoms with Crippen LogP contribution in [-0.4, -0.2) is 162 Å². The number of halogens is 9. The number of rotatable bonds is 19. The van der Waals surface area contributed by atoms with Crippen molar-refractivity contribution in [2.75, 3.05) is 75.9 Å². The van der Waals surface area contributed by atoms with Crippen molar-refractivity contribution in [1.29, 1.82) is 5.41 Å². The van der Waals surface area contributed by atoms with E-state index in [0.717, 1.165) is 124 Å². The van der Waals surface area contributed by atoms with Crippen LogP contribution in [0.3, 0.4) is 0 Å². The minimum absolute atomic E-state index is 0. The normalized spacial score (nSPS) is 16.1. The number of hydrogen-bond acceptors (Lipinski definition) is 27. The van der Waals surface area contributed by atoms with E-state index in [9.17, 15) is 58.0 Å². The molecule has 30 nitrogen and oxygen atoms in total. The smallest absolute Gasteiger partial charge is 0.166 e. The number of esters is 2. The van der Waals surface area contributed by atoms with Gasteiger partial charge in [-0.2, -0.15) is 0 Å². The number of piperidine rings is 2. The summed E-state index contributed by atoms with van der Waals surface area (Å²) in [6.07, 6.45) is 13.2. The van der Waals surface area contributed by atoms with Crippen molar-refractivity contribution < 1.29 is 104 Å². The SMILES string of the molecule is C.C/C(Nc1ncccc1OCc1ccccc1)=C1/CCOC1=O.CC(=O)C1CCOC1=O.CO.Cc1nc2c(O)cccn2c(=O)c1CCCl.Cc1nc2n(c(=O)c1CCCl)CCCC2O.Cc1nc2n(c(=O)c1CCN1CCC(c3noc4cc(F)ccc34)CC1)CCCC2O.Cl.Cl.I[I-]I.N=C(c1ccc(F)cc1O)C1CCNCC1.Nc1ncccc1OCc1ccccc1.[V]. The standard InChI is InChI=1S/C23H27FN4O3.C18H18N2O3.C12H15FN2O.C12H12N2O.C11H15ClN2O2.C11H11ClN2O2.C6H8O3.CH4O.CH4.2ClH.I3.V/c1-14-17(23(30)28-9-2-3-19(29)22(28)25-14)8-12-27-10-6-15(7-11-27)21-18-5-4-16(24)13-20(18)31-26-21;1-13(15-9-11-22-18(15)21)20-17-16(8-5-10-19-17)23-12-14-6-3-2-4-7-14;13-9-1-2-10(11(16)7-9)12(14)8-3-5-15-6-4-8;13-12-11(7-4-8-14-12)15-9-10-5-2-1-3-6-10;2*1-7-8(4-5-12)11(16)14-6-2-3-9(15)10(14)13-7;1-4(7)5-2-3-9-6(5)8;1-2;;;;1-3-2;/h4-5,13,15,19,29H,2-3,6-12H2,1H3;2-8,10H,9,11-12H2,1H3,(H,19,20);1-2,7-8,14-16H,3-6H2;1-8H,9H2,(H2,13,14);9,15H,2-6H2,1H3;2-3,6,15H,4-5H2,1H3;5H,2-3H2,1H3;2H,1H3;1H4;2*1H;;/q;;;;;;;;;;;-1;/b;15-13+;;;;;;;;;;;. The third-order valence-corrected chi connectivity index (χ3v) is 22.7. The fourth-order valence-corrected chi connectivity index (χ4v) is 15.7. The number of anilines is 2. The second-order valence-corrected chi connectivity index (χ2v) is 48.0. The second kappa shape index (κ2) is 60.1. The first-order valence-corrected chi connectivity index (χ1v) is 56.4. The maximum atomic E-state index is 13.4. The fraction of sp³-hybridized carbons (Fsp3) is 0.400. The topological polar surface area (TPSA) is 422 Å². The number of nitrogens with one attached hydrogen (secondary N) is 3. The van der Waals surface area contributed by atoms with Gasteiger partial charge in [0.1, 0.15) is 66.2 Å². The van der Waals surface area contributed by atoms with Crippen molar-refractivity contribution in [3.8, 4) is 23.0 Å². The van der Waals surface area contributed by atoms with Crippen LogP contribution in [0.15, 0.2) is 182 Å². The van der Waals surface area contributed by atoms with Crippen molar-refractivity contribution >= 4 is 137 Å². The van der Waals surface area contributed by atoms with Gasteiger partial charge < -0.3 is 75.7 Å². The van der Waals surface area contributed by atoms with E-state index < -0.39 is 23.9 Å². The van der Waals surface area contributed by atoms with Gasteiger partial charge in [-0.3, -0.25) is 37.5 Å². The zero-order chi connectivity index (χ0) is 94.6. The van der Waals surface area contributed by atoms with Crippen LogP contribution in [0.5, 0.6) is 23.0 Å². The summed E-state index contributed by atoms with van der Waals surface area (Å²) >= 11 is 16.6. The number of alkyl halides is 2.